The van der Waals surface area contributed by atoms with Gasteiger partial charge in [-0.15, -0.1) is 0 Å². The summed E-state index contributed by atoms with van der Waals surface area (Å²) in [6.07, 6.45) is 3.82. The third-order valence-electron chi connectivity index (χ3n) is 6.94. The first-order valence-electron chi connectivity index (χ1n) is 11.0. The molecule has 1 spiro atoms. The molecule has 166 valence electrons. The maximum absolute atomic E-state index is 12.7. The molecule has 2 N–H and O–H groups in total. The zero-order valence-electron chi connectivity index (χ0n) is 18.4. The predicted molar refractivity (Wildman–Crippen MR) is 119 cm³/mol. The molecule has 1 saturated carbocycles. The number of methoxy groups -OCH3 is 2. The van der Waals surface area contributed by atoms with E-state index in [1.54, 1.807) is 20.3 Å². The molecule has 6 heteroatoms. The highest BCUT2D eigenvalue weighted by Crippen LogP contribution is 2.59. The highest BCUT2D eigenvalue weighted by molar-refractivity contribution is 5.82. The Hall–Kier alpha value is -2.73. The molecule has 31 heavy (non-hydrogen) atoms. The molecular formula is C25H32N2O4. The molecule has 1 atom stereocenters. The number of hydrogen-bond donors (Lipinski definition) is 2. The summed E-state index contributed by atoms with van der Waals surface area (Å²) in [5, 5.41) is 13.5. The molecule has 0 unspecified atom stereocenters. The van der Waals surface area contributed by atoms with Crippen LogP contribution in [0.5, 0.6) is 17.2 Å². The highest BCUT2D eigenvalue weighted by atomic mass is 16.5. The van der Waals surface area contributed by atoms with Crippen molar-refractivity contribution in [2.24, 2.45) is 11.3 Å². The fourth-order valence-corrected chi connectivity index (χ4v) is 4.88. The minimum Gasteiger partial charge on any atom is -0.504 e. The smallest absolute Gasteiger partial charge is 0.223 e. The number of para-hydroxylation sites is 2. The van der Waals surface area contributed by atoms with Gasteiger partial charge in [-0.05, 0) is 61.9 Å². The quantitative estimate of drug-likeness (QED) is 0.680. The van der Waals surface area contributed by atoms with Gasteiger partial charge in [0, 0.05) is 24.6 Å². The molecule has 0 bridgehead atoms. The SMILES string of the molecule is COc1ccccc1CCNC(=O)[C@@H]1CC12CCN(Cc1cccc(OC)c1O)CC2. The molecule has 1 heterocycles. The summed E-state index contributed by atoms with van der Waals surface area (Å²) in [5.41, 5.74) is 2.17. The van der Waals surface area contributed by atoms with Crippen molar-refractivity contribution in [3.63, 3.8) is 0 Å². The minimum atomic E-state index is 0.137. The van der Waals surface area contributed by atoms with Crippen LogP contribution >= 0.6 is 0 Å². The van der Waals surface area contributed by atoms with Gasteiger partial charge in [0.15, 0.2) is 11.5 Å². The largest absolute Gasteiger partial charge is 0.504 e. The Bertz CT molecular complexity index is 921. The number of carbonyl (C=O) groups is 1. The van der Waals surface area contributed by atoms with Gasteiger partial charge in [-0.25, -0.2) is 0 Å². The van der Waals surface area contributed by atoms with Crippen molar-refractivity contribution in [2.75, 3.05) is 33.9 Å². The van der Waals surface area contributed by atoms with Crippen LogP contribution in [0.2, 0.25) is 0 Å². The number of carbonyl (C=O) groups excluding carboxylic acids is 1. The van der Waals surface area contributed by atoms with Crippen molar-refractivity contribution < 1.29 is 19.4 Å². The van der Waals surface area contributed by atoms with E-state index < -0.39 is 0 Å². The molecule has 1 amide bonds. The first-order valence-corrected chi connectivity index (χ1v) is 11.0. The lowest BCUT2D eigenvalue weighted by atomic mass is 9.90. The molecule has 4 rings (SSSR count). The van der Waals surface area contributed by atoms with Gasteiger partial charge in [0.2, 0.25) is 5.91 Å². The number of likely N-dealkylation sites (tertiary alicyclic amines) is 1. The van der Waals surface area contributed by atoms with Crippen LogP contribution in [0.15, 0.2) is 42.5 Å². The monoisotopic (exact) mass is 424 g/mol. The van der Waals surface area contributed by atoms with Crippen molar-refractivity contribution in [2.45, 2.75) is 32.2 Å². The lowest BCUT2D eigenvalue weighted by Crippen LogP contribution is -2.37. The summed E-state index contributed by atoms with van der Waals surface area (Å²) in [7, 11) is 3.24. The van der Waals surface area contributed by atoms with Crippen LogP contribution in [0.3, 0.4) is 0 Å². The molecule has 1 aliphatic carbocycles. The average molecular weight is 425 g/mol. The van der Waals surface area contributed by atoms with Gasteiger partial charge >= 0.3 is 0 Å². The fraction of sp³-hybridized carbons (Fsp3) is 0.480. The second kappa shape index (κ2) is 9.18. The molecule has 0 aromatic heterocycles. The molecule has 6 nitrogen and oxygen atoms in total. The van der Waals surface area contributed by atoms with Gasteiger partial charge in [-0.2, -0.15) is 0 Å². The number of phenols is 1. The Kier molecular flexibility index (Phi) is 6.37. The lowest BCUT2D eigenvalue weighted by molar-refractivity contribution is -0.123. The minimum absolute atomic E-state index is 0.137. The van der Waals surface area contributed by atoms with E-state index in [0.29, 0.717) is 18.8 Å². The number of benzene rings is 2. The van der Waals surface area contributed by atoms with Crippen LogP contribution in [0.25, 0.3) is 0 Å². The topological polar surface area (TPSA) is 71.0 Å². The Morgan fingerprint density at radius 2 is 1.74 bits per heavy atom. The number of piperidine rings is 1. The second-order valence-corrected chi connectivity index (χ2v) is 8.72. The van der Waals surface area contributed by atoms with E-state index in [9.17, 15) is 9.90 Å². The van der Waals surface area contributed by atoms with Crippen molar-refractivity contribution in [1.29, 1.82) is 0 Å². The van der Waals surface area contributed by atoms with Crippen molar-refractivity contribution >= 4 is 5.91 Å². The van der Waals surface area contributed by atoms with Crippen LogP contribution in [0, 0.1) is 11.3 Å². The van der Waals surface area contributed by atoms with E-state index in [1.807, 2.05) is 36.4 Å². The molecule has 2 aromatic carbocycles. The zero-order valence-corrected chi connectivity index (χ0v) is 18.4. The van der Waals surface area contributed by atoms with E-state index >= 15 is 0 Å². The third-order valence-corrected chi connectivity index (χ3v) is 6.94. The van der Waals surface area contributed by atoms with Gasteiger partial charge in [0.25, 0.3) is 0 Å². The molecule has 1 aliphatic heterocycles. The van der Waals surface area contributed by atoms with E-state index in [4.69, 9.17) is 9.47 Å². The third kappa shape index (κ3) is 4.64. The first-order chi connectivity index (χ1) is 15.1. The number of amides is 1. The number of phenolic OH excluding ortho intramolecular Hbond substituents is 1. The first kappa shape index (κ1) is 21.5. The Morgan fingerprint density at radius 3 is 2.48 bits per heavy atom. The lowest BCUT2D eigenvalue weighted by Gasteiger charge is -2.33. The number of nitrogens with one attached hydrogen (secondary N) is 1. The van der Waals surface area contributed by atoms with Crippen LogP contribution in [0.1, 0.15) is 30.4 Å². The summed E-state index contributed by atoms with van der Waals surface area (Å²) < 4.78 is 10.6. The molecule has 1 saturated heterocycles. The molecule has 0 radical (unpaired) electrons. The van der Waals surface area contributed by atoms with Gasteiger partial charge < -0.3 is 19.9 Å². The Morgan fingerprint density at radius 1 is 1.06 bits per heavy atom. The predicted octanol–water partition coefficient (Wildman–Crippen LogP) is 3.37. The summed E-state index contributed by atoms with van der Waals surface area (Å²) in [6.45, 7) is 3.23. The number of ether oxygens (including phenoxy) is 2. The van der Waals surface area contributed by atoms with E-state index in [0.717, 1.165) is 55.6 Å². The van der Waals surface area contributed by atoms with Crippen molar-refractivity contribution in [3.05, 3.63) is 53.6 Å². The molecule has 2 aliphatic rings. The molecular weight excluding hydrogens is 392 g/mol. The van der Waals surface area contributed by atoms with Gasteiger partial charge in [0.1, 0.15) is 5.75 Å². The van der Waals surface area contributed by atoms with Crippen LogP contribution < -0.4 is 14.8 Å². The maximum Gasteiger partial charge on any atom is 0.223 e. The van der Waals surface area contributed by atoms with Gasteiger partial charge in [-0.1, -0.05) is 30.3 Å². The summed E-state index contributed by atoms with van der Waals surface area (Å²) in [6, 6.07) is 13.6. The normalized spacial score (nSPS) is 19.7. The highest BCUT2D eigenvalue weighted by Gasteiger charge is 2.58. The fourth-order valence-electron chi connectivity index (χ4n) is 4.88. The standard InChI is InChI=1S/C25H32N2O4/c1-30-21-8-4-3-6-18(21)10-13-26-24(29)20-16-25(20)11-14-27(15-12-25)17-19-7-5-9-22(31-2)23(19)28/h3-9,20,28H,10-17H2,1-2H3,(H,26,29)/t20-/m0/s1. The summed E-state index contributed by atoms with van der Waals surface area (Å²) in [5.74, 6) is 1.93. The second-order valence-electron chi connectivity index (χ2n) is 8.72. The Labute approximate surface area is 184 Å². The zero-order chi connectivity index (χ0) is 21.8. The van der Waals surface area contributed by atoms with E-state index in [-0.39, 0.29) is 23.0 Å². The van der Waals surface area contributed by atoms with Crippen LogP contribution in [0.4, 0.5) is 0 Å². The number of rotatable bonds is 8. The van der Waals surface area contributed by atoms with E-state index in [1.165, 1.54) is 0 Å². The van der Waals surface area contributed by atoms with Crippen molar-refractivity contribution in [1.82, 2.24) is 10.2 Å². The van der Waals surface area contributed by atoms with Gasteiger partial charge in [0.05, 0.1) is 14.2 Å². The number of nitrogens with zero attached hydrogens (tertiary/aromatic N) is 1. The molecule has 2 fully saturated rings. The maximum atomic E-state index is 12.7. The molecule has 2 aromatic rings. The summed E-state index contributed by atoms with van der Waals surface area (Å²) >= 11 is 0. The average Bonchev–Trinajstić information content (AvgIpc) is 3.50. The summed E-state index contributed by atoms with van der Waals surface area (Å²) in [4.78, 5) is 15.1. The van der Waals surface area contributed by atoms with E-state index in [2.05, 4.69) is 10.2 Å². The van der Waals surface area contributed by atoms with Crippen LogP contribution in [-0.4, -0.2) is 49.8 Å². The number of hydrogen-bond acceptors (Lipinski definition) is 5. The van der Waals surface area contributed by atoms with Gasteiger partial charge in [-0.3, -0.25) is 9.69 Å². The number of aromatic hydroxyl groups is 1. The van der Waals surface area contributed by atoms with Crippen molar-refractivity contribution in [3.8, 4) is 17.2 Å². The Balaban J connectivity index is 1.24. The van der Waals surface area contributed by atoms with Crippen LogP contribution in [-0.2, 0) is 17.8 Å².